The van der Waals surface area contributed by atoms with Gasteiger partial charge in [0.05, 0.1) is 18.3 Å². The monoisotopic (exact) mass is 270 g/mol. The second-order valence-electron chi connectivity index (χ2n) is 6.69. The minimum atomic E-state index is -0.392. The van der Waals surface area contributed by atoms with Crippen molar-refractivity contribution in [3.8, 4) is 0 Å². The number of hydrogen-bond donors (Lipinski definition) is 2. The van der Waals surface area contributed by atoms with Gasteiger partial charge in [0.2, 0.25) is 5.91 Å². The van der Waals surface area contributed by atoms with Crippen LogP contribution >= 0.6 is 0 Å². The summed E-state index contributed by atoms with van der Waals surface area (Å²) in [7, 11) is 0. The van der Waals surface area contributed by atoms with E-state index in [4.69, 9.17) is 10.5 Å². The standard InChI is InChI=1S/C14H26N2O3/c1-13(2)10-16(7-11(8-17)19-13)12(18)6-14(9-15)4-3-5-14/h11,17H,3-10,15H2,1-2H3. The Bertz CT molecular complexity index is 334. The maximum absolute atomic E-state index is 12.4. The van der Waals surface area contributed by atoms with E-state index in [0.717, 1.165) is 12.8 Å². The first kappa shape index (κ1) is 14.8. The fraction of sp³-hybridized carbons (Fsp3) is 0.929. The van der Waals surface area contributed by atoms with Crippen LogP contribution < -0.4 is 5.73 Å². The molecule has 1 aliphatic carbocycles. The summed E-state index contributed by atoms with van der Waals surface area (Å²) in [5, 5.41) is 9.28. The van der Waals surface area contributed by atoms with Gasteiger partial charge in [-0.2, -0.15) is 0 Å². The Balaban J connectivity index is 1.98. The molecule has 0 aromatic heterocycles. The molecule has 0 bridgehead atoms. The molecule has 0 spiro atoms. The summed E-state index contributed by atoms with van der Waals surface area (Å²) in [6, 6.07) is 0. The van der Waals surface area contributed by atoms with E-state index >= 15 is 0 Å². The van der Waals surface area contributed by atoms with Crippen LogP contribution in [0.3, 0.4) is 0 Å². The summed E-state index contributed by atoms with van der Waals surface area (Å²) in [5.74, 6) is 0.153. The molecular weight excluding hydrogens is 244 g/mol. The van der Waals surface area contributed by atoms with Crippen LogP contribution in [0.15, 0.2) is 0 Å². The molecule has 5 nitrogen and oxygen atoms in total. The zero-order valence-corrected chi connectivity index (χ0v) is 12.0. The highest BCUT2D eigenvalue weighted by molar-refractivity contribution is 5.77. The lowest BCUT2D eigenvalue weighted by Crippen LogP contribution is -2.56. The van der Waals surface area contributed by atoms with Gasteiger partial charge in [-0.3, -0.25) is 4.79 Å². The highest BCUT2D eigenvalue weighted by Crippen LogP contribution is 2.43. The van der Waals surface area contributed by atoms with Gasteiger partial charge in [-0.25, -0.2) is 0 Å². The van der Waals surface area contributed by atoms with E-state index in [1.807, 2.05) is 18.7 Å². The van der Waals surface area contributed by atoms with E-state index in [2.05, 4.69) is 0 Å². The van der Waals surface area contributed by atoms with Gasteiger partial charge in [0.15, 0.2) is 0 Å². The lowest BCUT2D eigenvalue weighted by molar-refractivity contribution is -0.169. The number of aliphatic hydroxyl groups is 1. The van der Waals surface area contributed by atoms with Crippen LogP contribution in [0, 0.1) is 5.41 Å². The molecule has 3 N–H and O–H groups in total. The molecule has 1 unspecified atom stereocenters. The predicted molar refractivity (Wildman–Crippen MR) is 72.6 cm³/mol. The summed E-state index contributed by atoms with van der Waals surface area (Å²) in [6.07, 6.45) is 3.57. The number of carbonyl (C=O) groups is 1. The Morgan fingerprint density at radius 2 is 2.16 bits per heavy atom. The molecule has 2 rings (SSSR count). The first-order valence-corrected chi connectivity index (χ1v) is 7.16. The molecule has 1 atom stereocenters. The molecule has 5 heteroatoms. The van der Waals surface area contributed by atoms with Crippen molar-refractivity contribution in [1.82, 2.24) is 4.90 Å². The molecule has 1 heterocycles. The highest BCUT2D eigenvalue weighted by Gasteiger charge is 2.41. The lowest BCUT2D eigenvalue weighted by Gasteiger charge is -2.45. The first-order chi connectivity index (χ1) is 8.90. The summed E-state index contributed by atoms with van der Waals surface area (Å²) in [5.41, 5.74) is 5.46. The van der Waals surface area contributed by atoms with Crippen molar-refractivity contribution < 1.29 is 14.6 Å². The number of nitrogens with zero attached hydrogens (tertiary/aromatic N) is 1. The van der Waals surface area contributed by atoms with E-state index < -0.39 is 5.60 Å². The molecule has 0 radical (unpaired) electrons. The number of hydrogen-bond acceptors (Lipinski definition) is 4. The Labute approximate surface area is 115 Å². The minimum absolute atomic E-state index is 0.0360. The van der Waals surface area contributed by atoms with Crippen LogP contribution in [-0.4, -0.2) is 53.9 Å². The third kappa shape index (κ3) is 3.27. The lowest BCUT2D eigenvalue weighted by atomic mass is 9.66. The number of rotatable bonds is 4. The summed E-state index contributed by atoms with van der Waals surface area (Å²) in [4.78, 5) is 14.3. The Morgan fingerprint density at radius 1 is 1.47 bits per heavy atom. The molecule has 1 saturated heterocycles. The fourth-order valence-corrected chi connectivity index (χ4v) is 3.14. The zero-order chi connectivity index (χ0) is 14.1. The van der Waals surface area contributed by atoms with E-state index in [-0.39, 0.29) is 24.0 Å². The fourth-order valence-electron chi connectivity index (χ4n) is 3.14. The van der Waals surface area contributed by atoms with Crippen LogP contribution in [-0.2, 0) is 9.53 Å². The number of morpholine rings is 1. The van der Waals surface area contributed by atoms with Gasteiger partial charge in [-0.15, -0.1) is 0 Å². The zero-order valence-electron chi connectivity index (χ0n) is 12.0. The normalized spacial score (nSPS) is 28.8. The van der Waals surface area contributed by atoms with Gasteiger partial charge in [0.1, 0.15) is 0 Å². The Kier molecular flexibility index (Phi) is 4.18. The molecule has 2 fully saturated rings. The van der Waals surface area contributed by atoms with Gasteiger partial charge in [-0.05, 0) is 38.6 Å². The largest absolute Gasteiger partial charge is 0.394 e. The second kappa shape index (κ2) is 5.38. The van der Waals surface area contributed by atoms with Gasteiger partial charge in [-0.1, -0.05) is 6.42 Å². The van der Waals surface area contributed by atoms with E-state index in [9.17, 15) is 9.90 Å². The average molecular weight is 270 g/mol. The number of carbonyl (C=O) groups excluding carboxylic acids is 1. The highest BCUT2D eigenvalue weighted by atomic mass is 16.5. The molecular formula is C14H26N2O3. The number of nitrogens with two attached hydrogens (primary N) is 1. The third-order valence-corrected chi connectivity index (χ3v) is 4.41. The van der Waals surface area contributed by atoms with Gasteiger partial charge >= 0.3 is 0 Å². The smallest absolute Gasteiger partial charge is 0.223 e. The quantitative estimate of drug-likeness (QED) is 0.780. The van der Waals surface area contributed by atoms with E-state index in [0.29, 0.717) is 26.1 Å². The van der Waals surface area contributed by atoms with Crippen LogP contribution in [0.25, 0.3) is 0 Å². The Morgan fingerprint density at radius 3 is 2.63 bits per heavy atom. The minimum Gasteiger partial charge on any atom is -0.394 e. The van der Waals surface area contributed by atoms with Crippen LogP contribution in [0.4, 0.5) is 0 Å². The van der Waals surface area contributed by atoms with Crippen LogP contribution in [0.1, 0.15) is 39.5 Å². The van der Waals surface area contributed by atoms with Crippen molar-refractivity contribution in [2.24, 2.45) is 11.1 Å². The first-order valence-electron chi connectivity index (χ1n) is 7.16. The van der Waals surface area contributed by atoms with Crippen molar-refractivity contribution in [3.63, 3.8) is 0 Å². The predicted octanol–water partition coefficient (Wildman–Crippen LogP) is 0.504. The van der Waals surface area contributed by atoms with Crippen LogP contribution in [0.2, 0.25) is 0 Å². The van der Waals surface area contributed by atoms with Crippen molar-refractivity contribution in [1.29, 1.82) is 0 Å². The molecule has 19 heavy (non-hydrogen) atoms. The molecule has 1 saturated carbocycles. The van der Waals surface area contributed by atoms with Gasteiger partial charge in [0.25, 0.3) is 0 Å². The molecule has 0 aromatic rings. The van der Waals surface area contributed by atoms with Gasteiger partial charge < -0.3 is 20.5 Å². The van der Waals surface area contributed by atoms with Gasteiger partial charge in [0, 0.05) is 19.5 Å². The summed E-state index contributed by atoms with van der Waals surface area (Å²) in [6.45, 7) is 5.53. The van der Waals surface area contributed by atoms with E-state index in [1.165, 1.54) is 6.42 Å². The van der Waals surface area contributed by atoms with Crippen molar-refractivity contribution >= 4 is 5.91 Å². The topological polar surface area (TPSA) is 75.8 Å². The average Bonchev–Trinajstić information content (AvgIpc) is 2.31. The number of aliphatic hydroxyl groups excluding tert-OH is 1. The molecule has 1 aliphatic heterocycles. The van der Waals surface area contributed by atoms with Crippen LogP contribution in [0.5, 0.6) is 0 Å². The second-order valence-corrected chi connectivity index (χ2v) is 6.69. The van der Waals surface area contributed by atoms with E-state index in [1.54, 1.807) is 0 Å². The van der Waals surface area contributed by atoms with Crippen molar-refractivity contribution in [2.75, 3.05) is 26.2 Å². The van der Waals surface area contributed by atoms with Crippen molar-refractivity contribution in [2.45, 2.75) is 51.2 Å². The number of ether oxygens (including phenoxy) is 1. The number of amides is 1. The van der Waals surface area contributed by atoms with Crippen molar-refractivity contribution in [3.05, 3.63) is 0 Å². The molecule has 110 valence electrons. The Hall–Kier alpha value is -0.650. The third-order valence-electron chi connectivity index (χ3n) is 4.41. The molecule has 1 amide bonds. The maximum Gasteiger partial charge on any atom is 0.223 e. The SMILES string of the molecule is CC1(C)CN(C(=O)CC2(CN)CCC2)CC(CO)O1. The molecule has 0 aromatic carbocycles. The molecule has 2 aliphatic rings. The maximum atomic E-state index is 12.4. The summed E-state index contributed by atoms with van der Waals surface area (Å²) >= 11 is 0. The summed E-state index contributed by atoms with van der Waals surface area (Å²) < 4.78 is 5.73.